The van der Waals surface area contributed by atoms with Crippen molar-refractivity contribution in [3.8, 4) is 0 Å². The number of primary amides is 1. The minimum Gasteiger partial charge on any atom is -0.368 e. The number of benzene rings is 2. The summed E-state index contributed by atoms with van der Waals surface area (Å²) in [5.74, 6) is -1.22. The number of carbonyl (C=O) groups excluding carboxylic acids is 2. The van der Waals surface area contributed by atoms with Gasteiger partial charge in [-0.3, -0.25) is 9.59 Å². The van der Waals surface area contributed by atoms with Crippen LogP contribution in [0.25, 0.3) is 0 Å². The molecule has 7 nitrogen and oxygen atoms in total. The Labute approximate surface area is 171 Å². The molecule has 1 aliphatic heterocycles. The van der Waals surface area contributed by atoms with Crippen molar-refractivity contribution in [1.82, 2.24) is 9.62 Å². The summed E-state index contributed by atoms with van der Waals surface area (Å²) in [7, 11) is -3.78. The lowest BCUT2D eigenvalue weighted by Gasteiger charge is -2.28. The molecule has 2 aromatic carbocycles. The molecule has 0 radical (unpaired) electrons. The minimum absolute atomic E-state index is 0.190. The average Bonchev–Trinajstić information content (AvgIpc) is 3.18. The number of nitrogens with two attached hydrogens (primary N) is 1. The fraction of sp³-hybridized carbons (Fsp3) is 0.333. The van der Waals surface area contributed by atoms with Crippen molar-refractivity contribution in [2.45, 2.75) is 37.1 Å². The van der Waals surface area contributed by atoms with E-state index in [1.807, 2.05) is 36.4 Å². The van der Waals surface area contributed by atoms with Gasteiger partial charge in [-0.15, -0.1) is 0 Å². The Balaban J connectivity index is 1.82. The lowest BCUT2D eigenvalue weighted by molar-refractivity contribution is -0.138. The molecule has 2 amide bonds. The molecule has 2 aromatic rings. The molecule has 1 heterocycles. The normalized spacial score (nSPS) is 17.8. The van der Waals surface area contributed by atoms with Gasteiger partial charge in [0.05, 0.1) is 5.75 Å². The Morgan fingerprint density at radius 2 is 1.62 bits per heavy atom. The highest BCUT2D eigenvalue weighted by molar-refractivity contribution is 7.88. The van der Waals surface area contributed by atoms with Crippen molar-refractivity contribution in [1.29, 1.82) is 0 Å². The van der Waals surface area contributed by atoms with Gasteiger partial charge >= 0.3 is 0 Å². The molecule has 3 N–H and O–H groups in total. The van der Waals surface area contributed by atoms with E-state index in [4.69, 9.17) is 5.73 Å². The molecule has 0 bridgehead atoms. The molecule has 29 heavy (non-hydrogen) atoms. The van der Waals surface area contributed by atoms with Crippen LogP contribution < -0.4 is 10.5 Å². The van der Waals surface area contributed by atoms with E-state index < -0.39 is 33.9 Å². The second-order valence-electron chi connectivity index (χ2n) is 7.20. The highest BCUT2D eigenvalue weighted by Gasteiger charge is 2.37. The van der Waals surface area contributed by atoms with Gasteiger partial charge in [0.1, 0.15) is 12.1 Å². The third-order valence-electron chi connectivity index (χ3n) is 4.97. The van der Waals surface area contributed by atoms with Crippen molar-refractivity contribution in [3.63, 3.8) is 0 Å². The Morgan fingerprint density at radius 1 is 1.03 bits per heavy atom. The second kappa shape index (κ2) is 9.19. The lowest BCUT2D eigenvalue weighted by atomic mass is 10.1. The first-order valence-electron chi connectivity index (χ1n) is 9.53. The van der Waals surface area contributed by atoms with Crippen LogP contribution in [0.1, 0.15) is 24.0 Å². The predicted molar refractivity (Wildman–Crippen MR) is 110 cm³/mol. The van der Waals surface area contributed by atoms with E-state index >= 15 is 0 Å². The zero-order valence-electron chi connectivity index (χ0n) is 16.0. The number of amides is 2. The summed E-state index contributed by atoms with van der Waals surface area (Å²) in [5, 5.41) is 0. The number of sulfonamides is 1. The molecule has 1 saturated heterocycles. The second-order valence-corrected chi connectivity index (χ2v) is 8.95. The number of carbonyl (C=O) groups is 2. The molecule has 1 fully saturated rings. The first-order chi connectivity index (χ1) is 13.9. The molecule has 154 valence electrons. The van der Waals surface area contributed by atoms with Gasteiger partial charge in [0.2, 0.25) is 21.8 Å². The smallest absolute Gasteiger partial charge is 0.241 e. The summed E-state index contributed by atoms with van der Waals surface area (Å²) in [6.45, 7) is 0.387. The van der Waals surface area contributed by atoms with Crippen LogP contribution in [0.3, 0.4) is 0 Å². The van der Waals surface area contributed by atoms with E-state index in [1.165, 1.54) is 4.90 Å². The summed E-state index contributed by atoms with van der Waals surface area (Å²) in [4.78, 5) is 26.3. The maximum absolute atomic E-state index is 13.2. The third-order valence-corrected chi connectivity index (χ3v) is 6.32. The standard InChI is InChI=1S/C21H25N3O4S/c22-20(25)19-12-7-13-24(19)21(26)18(14-16-8-3-1-4-9-16)23-29(27,28)15-17-10-5-2-6-11-17/h1-6,8-11,18-19,23H,7,12-15H2,(H2,22,25)/t18-,19+/m1/s1. The number of hydrogen-bond donors (Lipinski definition) is 2. The molecule has 0 unspecified atom stereocenters. The Kier molecular flexibility index (Phi) is 6.66. The number of hydrogen-bond acceptors (Lipinski definition) is 4. The van der Waals surface area contributed by atoms with E-state index in [-0.39, 0.29) is 12.2 Å². The van der Waals surface area contributed by atoms with Gasteiger partial charge in [-0.25, -0.2) is 13.1 Å². The number of nitrogens with one attached hydrogen (secondary N) is 1. The van der Waals surface area contributed by atoms with Crippen LogP contribution in [0.5, 0.6) is 0 Å². The maximum atomic E-state index is 13.2. The van der Waals surface area contributed by atoms with Crippen LogP contribution in [-0.2, 0) is 31.8 Å². The lowest BCUT2D eigenvalue weighted by Crippen LogP contribution is -2.53. The summed E-state index contributed by atoms with van der Waals surface area (Å²) >= 11 is 0. The summed E-state index contributed by atoms with van der Waals surface area (Å²) in [6.07, 6.45) is 1.35. The van der Waals surface area contributed by atoms with Crippen LogP contribution in [0, 0.1) is 0 Å². The third kappa shape index (κ3) is 5.65. The average molecular weight is 416 g/mol. The molecule has 1 aliphatic rings. The van der Waals surface area contributed by atoms with E-state index in [0.29, 0.717) is 24.9 Å². The van der Waals surface area contributed by atoms with Crippen LogP contribution >= 0.6 is 0 Å². The topological polar surface area (TPSA) is 110 Å². The minimum atomic E-state index is -3.78. The molecule has 0 saturated carbocycles. The summed E-state index contributed by atoms with van der Waals surface area (Å²) in [6, 6.07) is 16.3. The van der Waals surface area contributed by atoms with Crippen LogP contribution in [0.4, 0.5) is 0 Å². The van der Waals surface area contributed by atoms with Gasteiger partial charge in [0.15, 0.2) is 0 Å². The highest BCUT2D eigenvalue weighted by Crippen LogP contribution is 2.20. The Bertz CT molecular complexity index is 948. The highest BCUT2D eigenvalue weighted by atomic mass is 32.2. The van der Waals surface area contributed by atoms with E-state index in [0.717, 1.165) is 5.56 Å². The van der Waals surface area contributed by atoms with Gasteiger partial charge < -0.3 is 10.6 Å². The van der Waals surface area contributed by atoms with E-state index in [2.05, 4.69) is 4.72 Å². The van der Waals surface area contributed by atoms with Crippen molar-refractivity contribution >= 4 is 21.8 Å². The van der Waals surface area contributed by atoms with Crippen molar-refractivity contribution in [2.24, 2.45) is 5.73 Å². The Morgan fingerprint density at radius 3 is 2.21 bits per heavy atom. The van der Waals surface area contributed by atoms with Crippen LogP contribution in [0.2, 0.25) is 0 Å². The van der Waals surface area contributed by atoms with Crippen molar-refractivity contribution in [3.05, 3.63) is 71.8 Å². The maximum Gasteiger partial charge on any atom is 0.241 e. The first kappa shape index (κ1) is 21.0. The molecular formula is C21H25N3O4S. The molecule has 8 heteroatoms. The predicted octanol–water partition coefficient (Wildman–Crippen LogP) is 1.19. The van der Waals surface area contributed by atoms with Gasteiger partial charge in [0.25, 0.3) is 0 Å². The van der Waals surface area contributed by atoms with E-state index in [9.17, 15) is 18.0 Å². The van der Waals surface area contributed by atoms with E-state index in [1.54, 1.807) is 24.3 Å². The largest absolute Gasteiger partial charge is 0.368 e. The quantitative estimate of drug-likeness (QED) is 0.675. The zero-order chi connectivity index (χ0) is 20.9. The van der Waals surface area contributed by atoms with Gasteiger partial charge in [-0.1, -0.05) is 60.7 Å². The number of likely N-dealkylation sites (tertiary alicyclic amines) is 1. The molecule has 0 spiro atoms. The Hall–Kier alpha value is -2.71. The van der Waals surface area contributed by atoms with Gasteiger partial charge in [-0.05, 0) is 30.4 Å². The van der Waals surface area contributed by atoms with Gasteiger partial charge in [0, 0.05) is 6.54 Å². The monoisotopic (exact) mass is 415 g/mol. The SMILES string of the molecule is NC(=O)[C@@H]1CCCN1C(=O)[C@@H](Cc1ccccc1)NS(=O)(=O)Cc1ccccc1. The molecule has 3 rings (SSSR count). The molecule has 2 atom stereocenters. The van der Waals surface area contributed by atoms with Gasteiger partial charge in [-0.2, -0.15) is 0 Å². The summed E-state index contributed by atoms with van der Waals surface area (Å²) in [5.41, 5.74) is 6.89. The fourth-order valence-corrected chi connectivity index (χ4v) is 4.94. The van der Waals surface area contributed by atoms with Crippen LogP contribution in [0.15, 0.2) is 60.7 Å². The molecule has 0 aromatic heterocycles. The molecule has 0 aliphatic carbocycles. The fourth-order valence-electron chi connectivity index (χ4n) is 3.61. The number of rotatable bonds is 8. The summed E-state index contributed by atoms with van der Waals surface area (Å²) < 4.78 is 28.1. The zero-order valence-corrected chi connectivity index (χ0v) is 16.8. The first-order valence-corrected chi connectivity index (χ1v) is 11.2. The van der Waals surface area contributed by atoms with Crippen LogP contribution in [-0.4, -0.2) is 43.8 Å². The van der Waals surface area contributed by atoms with Crippen molar-refractivity contribution < 1.29 is 18.0 Å². The molecular weight excluding hydrogens is 390 g/mol. The van der Waals surface area contributed by atoms with Crippen molar-refractivity contribution in [2.75, 3.05) is 6.54 Å². The number of nitrogens with zero attached hydrogens (tertiary/aromatic N) is 1.